The number of thiophene rings is 1. The summed E-state index contributed by atoms with van der Waals surface area (Å²) in [7, 11) is -3.53. The third-order valence-corrected chi connectivity index (χ3v) is 5.56. The molecule has 0 spiro atoms. The van der Waals surface area contributed by atoms with E-state index in [0.717, 1.165) is 11.3 Å². The van der Waals surface area contributed by atoms with Crippen molar-refractivity contribution in [2.75, 3.05) is 18.9 Å². The van der Waals surface area contributed by atoms with Gasteiger partial charge in [-0.05, 0) is 19.9 Å². The maximum absolute atomic E-state index is 12.1. The molecule has 0 saturated carbocycles. The Labute approximate surface area is 99.6 Å². The Morgan fingerprint density at radius 1 is 1.56 bits per heavy atom. The lowest BCUT2D eigenvalue weighted by Gasteiger charge is -2.24. The zero-order chi connectivity index (χ0) is 12.3. The van der Waals surface area contributed by atoms with Crippen LogP contribution in [0.4, 0.5) is 5.69 Å². The topological polar surface area (TPSA) is 83.6 Å². The zero-order valence-electron chi connectivity index (χ0n) is 9.25. The Balaban J connectivity index is 3.08. The Morgan fingerprint density at radius 3 is 2.56 bits per heavy atom. The molecule has 7 heteroatoms. The number of sulfonamides is 1. The van der Waals surface area contributed by atoms with Gasteiger partial charge in [0.05, 0.1) is 6.61 Å². The average Bonchev–Trinajstić information content (AvgIpc) is 2.61. The maximum Gasteiger partial charge on any atom is 0.252 e. The van der Waals surface area contributed by atoms with Gasteiger partial charge in [0.25, 0.3) is 10.0 Å². The SMILES string of the molecule is CC(C)N(CCO)S(=O)(=O)c1cc(N)cs1. The smallest absolute Gasteiger partial charge is 0.252 e. The Bertz CT molecular complexity index is 439. The van der Waals surface area contributed by atoms with Gasteiger partial charge in [0.1, 0.15) is 4.21 Å². The van der Waals surface area contributed by atoms with Crippen LogP contribution in [0, 0.1) is 0 Å². The number of anilines is 1. The van der Waals surface area contributed by atoms with Crippen LogP contribution < -0.4 is 5.73 Å². The van der Waals surface area contributed by atoms with Crippen LogP contribution in [0.15, 0.2) is 15.7 Å². The second-order valence-electron chi connectivity index (χ2n) is 3.63. The molecule has 0 aliphatic carbocycles. The van der Waals surface area contributed by atoms with Crippen molar-refractivity contribution in [3.63, 3.8) is 0 Å². The highest BCUT2D eigenvalue weighted by atomic mass is 32.2. The lowest BCUT2D eigenvalue weighted by Crippen LogP contribution is -2.38. The number of nitrogen functional groups attached to an aromatic ring is 1. The Hall–Kier alpha value is -0.630. The molecule has 1 aromatic heterocycles. The monoisotopic (exact) mass is 264 g/mol. The van der Waals surface area contributed by atoms with Crippen molar-refractivity contribution in [3.05, 3.63) is 11.4 Å². The predicted molar refractivity (Wildman–Crippen MR) is 64.8 cm³/mol. The van der Waals surface area contributed by atoms with Gasteiger partial charge in [-0.1, -0.05) is 0 Å². The van der Waals surface area contributed by atoms with Crippen LogP contribution in [-0.4, -0.2) is 37.0 Å². The highest BCUT2D eigenvalue weighted by Crippen LogP contribution is 2.26. The van der Waals surface area contributed by atoms with Gasteiger partial charge in [-0.3, -0.25) is 0 Å². The highest BCUT2D eigenvalue weighted by molar-refractivity contribution is 7.91. The molecule has 0 aliphatic heterocycles. The van der Waals surface area contributed by atoms with Crippen molar-refractivity contribution >= 4 is 27.0 Å². The molecule has 16 heavy (non-hydrogen) atoms. The quantitative estimate of drug-likeness (QED) is 0.821. The maximum atomic E-state index is 12.1. The van der Waals surface area contributed by atoms with E-state index in [1.165, 1.54) is 10.4 Å². The number of rotatable bonds is 5. The normalized spacial score (nSPS) is 12.6. The van der Waals surface area contributed by atoms with Crippen molar-refractivity contribution in [2.45, 2.75) is 24.1 Å². The largest absolute Gasteiger partial charge is 0.398 e. The van der Waals surface area contributed by atoms with E-state index < -0.39 is 10.0 Å². The third kappa shape index (κ3) is 2.73. The molecule has 0 amide bonds. The summed E-state index contributed by atoms with van der Waals surface area (Å²) in [6, 6.07) is 1.24. The summed E-state index contributed by atoms with van der Waals surface area (Å²) in [6.07, 6.45) is 0. The third-order valence-electron chi connectivity index (χ3n) is 2.06. The van der Waals surface area contributed by atoms with Gasteiger partial charge >= 0.3 is 0 Å². The van der Waals surface area contributed by atoms with E-state index in [0.29, 0.717) is 5.69 Å². The molecule has 0 radical (unpaired) electrons. The van der Waals surface area contributed by atoms with Gasteiger partial charge in [-0.15, -0.1) is 11.3 Å². The summed E-state index contributed by atoms with van der Waals surface area (Å²) in [5.41, 5.74) is 5.94. The van der Waals surface area contributed by atoms with E-state index in [9.17, 15) is 8.42 Å². The van der Waals surface area contributed by atoms with Gasteiger partial charge in [-0.2, -0.15) is 4.31 Å². The van der Waals surface area contributed by atoms with E-state index in [1.54, 1.807) is 19.2 Å². The molecule has 92 valence electrons. The lowest BCUT2D eigenvalue weighted by molar-refractivity contribution is 0.237. The number of nitrogens with two attached hydrogens (primary N) is 1. The van der Waals surface area contributed by atoms with E-state index in [-0.39, 0.29) is 23.4 Å². The molecular formula is C9H16N2O3S2. The second-order valence-corrected chi connectivity index (χ2v) is 6.66. The Morgan fingerprint density at radius 2 is 2.19 bits per heavy atom. The van der Waals surface area contributed by atoms with Gasteiger partial charge in [0.15, 0.2) is 0 Å². The van der Waals surface area contributed by atoms with Crippen molar-refractivity contribution in [3.8, 4) is 0 Å². The summed E-state index contributed by atoms with van der Waals surface area (Å²) in [5.74, 6) is 0. The summed E-state index contributed by atoms with van der Waals surface area (Å²) < 4.78 is 25.8. The van der Waals surface area contributed by atoms with Crippen molar-refractivity contribution in [1.29, 1.82) is 0 Å². The van der Waals surface area contributed by atoms with Crippen LogP contribution in [-0.2, 0) is 10.0 Å². The first-order valence-corrected chi connectivity index (χ1v) is 7.18. The molecule has 1 heterocycles. The molecular weight excluding hydrogens is 248 g/mol. The minimum absolute atomic E-state index is 0.0950. The van der Waals surface area contributed by atoms with Crippen LogP contribution in [0.2, 0.25) is 0 Å². The minimum Gasteiger partial charge on any atom is -0.398 e. The van der Waals surface area contributed by atoms with Crippen LogP contribution >= 0.6 is 11.3 Å². The number of nitrogens with zero attached hydrogens (tertiary/aromatic N) is 1. The van der Waals surface area contributed by atoms with Crippen LogP contribution in [0.3, 0.4) is 0 Å². The minimum atomic E-state index is -3.53. The van der Waals surface area contributed by atoms with E-state index in [4.69, 9.17) is 10.8 Å². The van der Waals surface area contributed by atoms with Crippen LogP contribution in [0.1, 0.15) is 13.8 Å². The molecule has 1 aromatic rings. The van der Waals surface area contributed by atoms with Crippen LogP contribution in [0.25, 0.3) is 0 Å². The Kier molecular flexibility index (Phi) is 4.31. The fraction of sp³-hybridized carbons (Fsp3) is 0.556. The number of hydrogen-bond donors (Lipinski definition) is 2. The fourth-order valence-electron chi connectivity index (χ4n) is 1.34. The second kappa shape index (κ2) is 5.13. The first-order chi connectivity index (χ1) is 7.39. The molecule has 0 atom stereocenters. The lowest BCUT2D eigenvalue weighted by atomic mass is 10.4. The summed E-state index contributed by atoms with van der Waals surface area (Å²) in [6.45, 7) is 3.43. The highest BCUT2D eigenvalue weighted by Gasteiger charge is 2.27. The number of aliphatic hydroxyl groups is 1. The standard InChI is InChI=1S/C9H16N2O3S2/c1-7(2)11(3-4-12)16(13,14)9-5-8(10)6-15-9/h5-7,12H,3-4,10H2,1-2H3. The molecule has 1 rings (SSSR count). The molecule has 3 N–H and O–H groups in total. The van der Waals surface area contributed by atoms with Crippen molar-refractivity contribution in [2.24, 2.45) is 0 Å². The molecule has 0 bridgehead atoms. The molecule has 0 aromatic carbocycles. The first-order valence-electron chi connectivity index (χ1n) is 4.86. The first kappa shape index (κ1) is 13.4. The molecule has 0 unspecified atom stereocenters. The molecule has 0 fully saturated rings. The van der Waals surface area contributed by atoms with Gasteiger partial charge in [-0.25, -0.2) is 8.42 Å². The fourth-order valence-corrected chi connectivity index (χ4v) is 4.17. The van der Waals surface area contributed by atoms with E-state index in [1.807, 2.05) is 0 Å². The van der Waals surface area contributed by atoms with Crippen molar-refractivity contribution < 1.29 is 13.5 Å². The molecule has 0 aliphatic rings. The zero-order valence-corrected chi connectivity index (χ0v) is 10.9. The molecule has 5 nitrogen and oxygen atoms in total. The van der Waals surface area contributed by atoms with Gasteiger partial charge in [0, 0.05) is 23.7 Å². The number of hydrogen-bond acceptors (Lipinski definition) is 5. The molecule has 0 saturated heterocycles. The predicted octanol–water partition coefficient (Wildman–Crippen LogP) is 0.722. The number of aliphatic hydroxyl groups excluding tert-OH is 1. The van der Waals surface area contributed by atoms with E-state index >= 15 is 0 Å². The summed E-state index contributed by atoms with van der Waals surface area (Å²) >= 11 is 1.09. The van der Waals surface area contributed by atoms with Crippen LogP contribution in [0.5, 0.6) is 0 Å². The summed E-state index contributed by atoms with van der Waals surface area (Å²) in [4.78, 5) is 0. The average molecular weight is 264 g/mol. The van der Waals surface area contributed by atoms with Gasteiger partial charge < -0.3 is 10.8 Å². The van der Waals surface area contributed by atoms with Gasteiger partial charge in [0.2, 0.25) is 0 Å². The summed E-state index contributed by atoms with van der Waals surface area (Å²) in [5, 5.41) is 10.5. The van der Waals surface area contributed by atoms with E-state index in [2.05, 4.69) is 0 Å². The van der Waals surface area contributed by atoms with Crippen molar-refractivity contribution in [1.82, 2.24) is 4.31 Å².